The van der Waals surface area contributed by atoms with Crippen LogP contribution in [0.1, 0.15) is 10.4 Å². The van der Waals surface area contributed by atoms with Crippen LogP contribution in [0.15, 0.2) is 46.9 Å². The third kappa shape index (κ3) is 3.15. The van der Waals surface area contributed by atoms with E-state index in [1.165, 1.54) is 18.2 Å². The van der Waals surface area contributed by atoms with E-state index in [0.29, 0.717) is 20.7 Å². The number of rotatable bonds is 3. The predicted molar refractivity (Wildman–Crippen MR) is 80.2 cm³/mol. The van der Waals surface area contributed by atoms with Crippen LogP contribution in [0.4, 0.5) is 11.4 Å². The number of hydrogen-bond acceptors (Lipinski definition) is 3. The van der Waals surface area contributed by atoms with Crippen LogP contribution in [-0.4, -0.2) is 10.8 Å². The van der Waals surface area contributed by atoms with Gasteiger partial charge in [0.05, 0.1) is 21.2 Å². The summed E-state index contributed by atoms with van der Waals surface area (Å²) in [6.45, 7) is 0. The summed E-state index contributed by atoms with van der Waals surface area (Å²) in [7, 11) is 0. The normalized spacial score (nSPS) is 10.1. The fourth-order valence-electron chi connectivity index (χ4n) is 1.56. The van der Waals surface area contributed by atoms with Crippen molar-refractivity contribution in [3.8, 4) is 0 Å². The lowest BCUT2D eigenvalue weighted by atomic mass is 10.2. The minimum atomic E-state index is -0.530. The second-order valence-corrected chi connectivity index (χ2v) is 5.12. The Kier molecular flexibility index (Phi) is 4.36. The summed E-state index contributed by atoms with van der Waals surface area (Å²) >= 11 is 9.15. The second kappa shape index (κ2) is 6.02. The molecule has 0 atom stereocenters. The van der Waals surface area contributed by atoms with Crippen molar-refractivity contribution in [1.82, 2.24) is 0 Å². The molecule has 0 spiro atoms. The molecule has 0 saturated carbocycles. The Bertz CT molecular complexity index is 691. The molecule has 0 fully saturated rings. The van der Waals surface area contributed by atoms with E-state index in [1.54, 1.807) is 24.3 Å². The van der Waals surface area contributed by atoms with Crippen LogP contribution < -0.4 is 5.32 Å². The molecular formula is C13H8BrClN2O3. The van der Waals surface area contributed by atoms with E-state index in [4.69, 9.17) is 11.6 Å². The molecule has 0 aliphatic heterocycles. The van der Waals surface area contributed by atoms with Crippen molar-refractivity contribution in [2.24, 2.45) is 0 Å². The van der Waals surface area contributed by atoms with Gasteiger partial charge in [0.1, 0.15) is 0 Å². The predicted octanol–water partition coefficient (Wildman–Crippen LogP) is 4.26. The summed E-state index contributed by atoms with van der Waals surface area (Å²) in [6.07, 6.45) is 0. The van der Waals surface area contributed by atoms with Crippen molar-refractivity contribution in [3.63, 3.8) is 0 Å². The van der Waals surface area contributed by atoms with Gasteiger partial charge < -0.3 is 5.32 Å². The molecule has 7 heteroatoms. The largest absolute Gasteiger partial charge is 0.321 e. The maximum Gasteiger partial charge on any atom is 0.271 e. The molecule has 102 valence electrons. The highest BCUT2D eigenvalue weighted by atomic mass is 79.9. The fraction of sp³-hybridized carbons (Fsp3) is 0. The van der Waals surface area contributed by atoms with Crippen LogP contribution in [0.2, 0.25) is 5.02 Å². The zero-order valence-electron chi connectivity index (χ0n) is 9.97. The Balaban J connectivity index is 2.30. The summed E-state index contributed by atoms with van der Waals surface area (Å²) in [5.41, 5.74) is 0.499. The van der Waals surface area contributed by atoms with Gasteiger partial charge in [-0.1, -0.05) is 23.7 Å². The third-order valence-electron chi connectivity index (χ3n) is 2.53. The molecule has 1 N–H and O–H groups in total. The number of carbonyl (C=O) groups excluding carboxylic acids is 1. The fourth-order valence-corrected chi connectivity index (χ4v) is 2.12. The van der Waals surface area contributed by atoms with Crippen molar-refractivity contribution in [2.45, 2.75) is 0 Å². The van der Waals surface area contributed by atoms with Crippen molar-refractivity contribution in [3.05, 3.63) is 67.6 Å². The summed E-state index contributed by atoms with van der Waals surface area (Å²) in [5.74, 6) is -0.434. The molecule has 0 aliphatic rings. The summed E-state index contributed by atoms with van der Waals surface area (Å²) in [5, 5.41) is 13.6. The summed E-state index contributed by atoms with van der Waals surface area (Å²) in [4.78, 5) is 22.3. The zero-order valence-corrected chi connectivity index (χ0v) is 12.3. The molecule has 2 aromatic carbocycles. The number of amides is 1. The molecule has 2 rings (SSSR count). The average Bonchev–Trinajstić information content (AvgIpc) is 2.41. The van der Waals surface area contributed by atoms with Crippen LogP contribution in [0.25, 0.3) is 0 Å². The number of nitrogens with zero attached hydrogens (tertiary/aromatic N) is 1. The maximum atomic E-state index is 12.1. The highest BCUT2D eigenvalue weighted by Gasteiger charge is 2.14. The van der Waals surface area contributed by atoms with Crippen LogP contribution in [0, 0.1) is 10.1 Å². The van der Waals surface area contributed by atoms with E-state index in [0.717, 1.165) is 0 Å². The number of halogens is 2. The van der Waals surface area contributed by atoms with E-state index < -0.39 is 10.8 Å². The maximum absolute atomic E-state index is 12.1. The molecule has 0 heterocycles. The Morgan fingerprint density at radius 2 is 1.95 bits per heavy atom. The standard InChI is InChI=1S/C13H8BrClN2O3/c14-10-6-5-8(17(19)20)7-12(10)16-13(18)9-3-1-2-4-11(9)15/h1-7H,(H,16,18). The minimum absolute atomic E-state index is 0.109. The van der Waals surface area contributed by atoms with E-state index in [2.05, 4.69) is 21.2 Å². The number of benzene rings is 2. The number of nitro groups is 1. The lowest BCUT2D eigenvalue weighted by molar-refractivity contribution is -0.384. The number of hydrogen-bond donors (Lipinski definition) is 1. The lowest BCUT2D eigenvalue weighted by Gasteiger charge is -2.08. The smallest absolute Gasteiger partial charge is 0.271 e. The molecular weight excluding hydrogens is 348 g/mol. The third-order valence-corrected chi connectivity index (χ3v) is 3.55. The Morgan fingerprint density at radius 3 is 2.60 bits per heavy atom. The molecule has 20 heavy (non-hydrogen) atoms. The summed E-state index contributed by atoms with van der Waals surface area (Å²) in [6, 6.07) is 10.7. The van der Waals surface area contributed by atoms with Gasteiger partial charge in [0.15, 0.2) is 0 Å². The van der Waals surface area contributed by atoms with Crippen LogP contribution >= 0.6 is 27.5 Å². The van der Waals surface area contributed by atoms with Gasteiger partial charge in [0.2, 0.25) is 0 Å². The van der Waals surface area contributed by atoms with E-state index in [-0.39, 0.29) is 5.69 Å². The number of anilines is 1. The molecule has 0 bridgehead atoms. The highest BCUT2D eigenvalue weighted by molar-refractivity contribution is 9.10. The van der Waals surface area contributed by atoms with Crippen molar-refractivity contribution in [1.29, 1.82) is 0 Å². The Morgan fingerprint density at radius 1 is 1.25 bits per heavy atom. The van der Waals surface area contributed by atoms with Gasteiger partial charge in [-0.05, 0) is 34.1 Å². The first-order chi connectivity index (χ1) is 9.49. The van der Waals surface area contributed by atoms with E-state index in [1.807, 2.05) is 0 Å². The van der Waals surface area contributed by atoms with Gasteiger partial charge in [-0.3, -0.25) is 14.9 Å². The Hall–Kier alpha value is -1.92. The molecule has 1 amide bonds. The van der Waals surface area contributed by atoms with E-state index in [9.17, 15) is 14.9 Å². The van der Waals surface area contributed by atoms with E-state index >= 15 is 0 Å². The van der Waals surface area contributed by atoms with Crippen LogP contribution in [0.5, 0.6) is 0 Å². The minimum Gasteiger partial charge on any atom is -0.321 e. The monoisotopic (exact) mass is 354 g/mol. The van der Waals surface area contributed by atoms with Gasteiger partial charge in [-0.2, -0.15) is 0 Å². The molecule has 0 aromatic heterocycles. The summed E-state index contributed by atoms with van der Waals surface area (Å²) < 4.78 is 0.545. The topological polar surface area (TPSA) is 72.2 Å². The zero-order chi connectivity index (χ0) is 14.7. The number of non-ortho nitro benzene ring substituents is 1. The van der Waals surface area contributed by atoms with Crippen LogP contribution in [-0.2, 0) is 0 Å². The second-order valence-electron chi connectivity index (χ2n) is 3.86. The van der Waals surface area contributed by atoms with Gasteiger partial charge in [0.25, 0.3) is 11.6 Å². The van der Waals surface area contributed by atoms with Gasteiger partial charge in [-0.15, -0.1) is 0 Å². The van der Waals surface area contributed by atoms with Crippen LogP contribution in [0.3, 0.4) is 0 Å². The molecule has 2 aromatic rings. The average molecular weight is 356 g/mol. The van der Waals surface area contributed by atoms with Gasteiger partial charge in [0, 0.05) is 16.6 Å². The number of nitrogens with one attached hydrogen (secondary N) is 1. The first kappa shape index (κ1) is 14.5. The van der Waals surface area contributed by atoms with Gasteiger partial charge in [-0.25, -0.2) is 0 Å². The first-order valence-corrected chi connectivity index (χ1v) is 6.66. The number of carbonyl (C=O) groups is 1. The highest BCUT2D eigenvalue weighted by Crippen LogP contribution is 2.28. The molecule has 0 saturated heterocycles. The SMILES string of the molecule is O=C(Nc1cc([N+](=O)[O-])ccc1Br)c1ccccc1Cl. The number of nitro benzene ring substituents is 1. The molecule has 0 aliphatic carbocycles. The quantitative estimate of drug-likeness (QED) is 0.660. The van der Waals surface area contributed by atoms with Gasteiger partial charge >= 0.3 is 0 Å². The Labute approximate surface area is 127 Å². The van der Waals surface area contributed by atoms with Crippen molar-refractivity contribution < 1.29 is 9.72 Å². The molecule has 5 nitrogen and oxygen atoms in total. The van der Waals surface area contributed by atoms with Crippen molar-refractivity contribution in [2.75, 3.05) is 5.32 Å². The molecule has 0 radical (unpaired) electrons. The lowest BCUT2D eigenvalue weighted by Crippen LogP contribution is -2.13. The molecule has 0 unspecified atom stereocenters. The first-order valence-electron chi connectivity index (χ1n) is 5.49. The van der Waals surface area contributed by atoms with Crippen molar-refractivity contribution >= 4 is 44.8 Å².